The van der Waals surface area contributed by atoms with E-state index in [1.54, 1.807) is 23.1 Å². The minimum absolute atomic E-state index is 0.0884. The third-order valence-electron chi connectivity index (χ3n) is 5.92. The number of halogens is 1. The SMILES string of the molecule is CC(C)(C)OC(=O)N1CCC(c2cccc3c2c(C=O)cn3S(=O)(=O)c2cccc(Br)c2)CC1. The summed E-state index contributed by atoms with van der Waals surface area (Å²) in [5, 5.41) is 0.645. The van der Waals surface area contributed by atoms with Crippen LogP contribution in [0.3, 0.4) is 0 Å². The number of hydrogen-bond donors (Lipinski definition) is 0. The van der Waals surface area contributed by atoms with Crippen LogP contribution in [-0.4, -0.2) is 48.4 Å². The van der Waals surface area contributed by atoms with Gasteiger partial charge in [0.05, 0.1) is 10.4 Å². The third kappa shape index (κ3) is 4.77. The molecule has 3 aromatic rings. The molecule has 180 valence electrons. The second kappa shape index (κ2) is 9.19. The fourth-order valence-corrected chi connectivity index (χ4v) is 6.35. The van der Waals surface area contributed by atoms with Gasteiger partial charge in [-0.1, -0.05) is 34.1 Å². The summed E-state index contributed by atoms with van der Waals surface area (Å²) >= 11 is 3.32. The zero-order chi connectivity index (χ0) is 24.7. The van der Waals surface area contributed by atoms with Crippen molar-refractivity contribution >= 4 is 49.2 Å². The Balaban J connectivity index is 1.68. The van der Waals surface area contributed by atoms with Gasteiger partial charge in [0.2, 0.25) is 0 Å². The summed E-state index contributed by atoms with van der Waals surface area (Å²) in [5.74, 6) is 0.0884. The van der Waals surface area contributed by atoms with Crippen LogP contribution in [0.4, 0.5) is 4.79 Å². The first-order valence-electron chi connectivity index (χ1n) is 11.1. The molecule has 1 aliphatic heterocycles. The van der Waals surface area contributed by atoms with E-state index >= 15 is 0 Å². The fourth-order valence-electron chi connectivity index (χ4n) is 4.39. The maximum atomic E-state index is 13.4. The Hall–Kier alpha value is -2.65. The third-order valence-corrected chi connectivity index (χ3v) is 8.09. The maximum absolute atomic E-state index is 13.4. The van der Waals surface area contributed by atoms with Crippen LogP contribution < -0.4 is 0 Å². The predicted molar refractivity (Wildman–Crippen MR) is 134 cm³/mol. The van der Waals surface area contributed by atoms with Gasteiger partial charge in [0.25, 0.3) is 10.0 Å². The largest absolute Gasteiger partial charge is 0.444 e. The van der Waals surface area contributed by atoms with Crippen molar-refractivity contribution in [1.29, 1.82) is 0 Å². The minimum Gasteiger partial charge on any atom is -0.444 e. The van der Waals surface area contributed by atoms with Gasteiger partial charge in [0.1, 0.15) is 5.60 Å². The Morgan fingerprint density at radius 3 is 2.41 bits per heavy atom. The Morgan fingerprint density at radius 1 is 1.12 bits per heavy atom. The van der Waals surface area contributed by atoms with Crippen LogP contribution in [0.2, 0.25) is 0 Å². The van der Waals surface area contributed by atoms with Gasteiger partial charge >= 0.3 is 6.09 Å². The van der Waals surface area contributed by atoms with Crippen molar-refractivity contribution in [3.63, 3.8) is 0 Å². The van der Waals surface area contributed by atoms with E-state index in [0.29, 0.717) is 53.2 Å². The number of amides is 1. The lowest BCUT2D eigenvalue weighted by Gasteiger charge is -2.34. The summed E-state index contributed by atoms with van der Waals surface area (Å²) in [4.78, 5) is 26.2. The second-order valence-corrected chi connectivity index (χ2v) is 12.2. The first-order chi connectivity index (χ1) is 16.0. The van der Waals surface area contributed by atoms with Gasteiger partial charge in [-0.2, -0.15) is 0 Å². The molecular formula is C25H27BrN2O5S. The summed E-state index contributed by atoms with van der Waals surface area (Å²) in [5.41, 5.74) is 1.17. The first-order valence-corrected chi connectivity index (χ1v) is 13.3. The molecule has 0 aliphatic carbocycles. The Kier molecular flexibility index (Phi) is 6.61. The van der Waals surface area contributed by atoms with Crippen LogP contribution >= 0.6 is 15.9 Å². The van der Waals surface area contributed by atoms with Gasteiger partial charge in [-0.05, 0) is 69.4 Å². The topological polar surface area (TPSA) is 85.7 Å². The molecule has 0 radical (unpaired) electrons. The molecule has 2 heterocycles. The van der Waals surface area contributed by atoms with Crippen molar-refractivity contribution in [3.8, 4) is 0 Å². The second-order valence-electron chi connectivity index (χ2n) is 9.44. The lowest BCUT2D eigenvalue weighted by atomic mass is 9.87. The molecule has 1 saturated heterocycles. The molecule has 34 heavy (non-hydrogen) atoms. The molecular weight excluding hydrogens is 520 g/mol. The number of ether oxygens (including phenoxy) is 1. The van der Waals surface area contributed by atoms with E-state index < -0.39 is 15.6 Å². The van der Waals surface area contributed by atoms with Gasteiger partial charge in [-0.15, -0.1) is 0 Å². The number of rotatable bonds is 4. The molecule has 0 N–H and O–H groups in total. The summed E-state index contributed by atoms with van der Waals surface area (Å²) in [6, 6.07) is 12.0. The van der Waals surface area contributed by atoms with Gasteiger partial charge in [-0.3, -0.25) is 4.79 Å². The number of carbonyl (C=O) groups is 2. The number of aldehydes is 1. The molecule has 0 saturated carbocycles. The average molecular weight is 547 g/mol. The number of aromatic nitrogens is 1. The number of benzene rings is 2. The van der Waals surface area contributed by atoms with Crippen LogP contribution in [0, 0.1) is 0 Å². The highest BCUT2D eigenvalue weighted by Gasteiger charge is 2.30. The van der Waals surface area contributed by atoms with Crippen molar-refractivity contribution < 1.29 is 22.7 Å². The van der Waals surface area contributed by atoms with E-state index in [9.17, 15) is 18.0 Å². The lowest BCUT2D eigenvalue weighted by molar-refractivity contribution is 0.0205. The zero-order valence-electron chi connectivity index (χ0n) is 19.3. The Labute approximate surface area is 207 Å². The Bertz CT molecular complexity index is 1350. The van der Waals surface area contributed by atoms with E-state index in [0.717, 1.165) is 5.56 Å². The molecule has 1 aliphatic rings. The molecule has 0 unspecified atom stereocenters. The van der Waals surface area contributed by atoms with E-state index in [2.05, 4.69) is 15.9 Å². The molecule has 4 rings (SSSR count). The predicted octanol–water partition coefficient (Wildman–Crippen LogP) is 5.57. The van der Waals surface area contributed by atoms with Crippen molar-refractivity contribution in [3.05, 3.63) is 64.3 Å². The smallest absolute Gasteiger partial charge is 0.410 e. The van der Waals surface area contributed by atoms with Crippen molar-refractivity contribution in [1.82, 2.24) is 8.87 Å². The van der Waals surface area contributed by atoms with E-state index in [-0.39, 0.29) is 16.9 Å². The number of piperidine rings is 1. The lowest BCUT2D eigenvalue weighted by Crippen LogP contribution is -2.41. The molecule has 1 fully saturated rings. The summed E-state index contributed by atoms with van der Waals surface area (Å²) in [6.07, 6.45) is 3.16. The fraction of sp³-hybridized carbons (Fsp3) is 0.360. The molecule has 9 heteroatoms. The van der Waals surface area contributed by atoms with Crippen molar-refractivity contribution in [2.24, 2.45) is 0 Å². The van der Waals surface area contributed by atoms with Crippen LogP contribution in [-0.2, 0) is 14.8 Å². The molecule has 1 aromatic heterocycles. The maximum Gasteiger partial charge on any atom is 0.410 e. The highest BCUT2D eigenvalue weighted by atomic mass is 79.9. The number of carbonyl (C=O) groups excluding carboxylic acids is 2. The van der Waals surface area contributed by atoms with Crippen molar-refractivity contribution in [2.75, 3.05) is 13.1 Å². The van der Waals surface area contributed by atoms with Crippen LogP contribution in [0.25, 0.3) is 10.9 Å². The van der Waals surface area contributed by atoms with Gasteiger partial charge < -0.3 is 9.64 Å². The molecule has 2 aromatic carbocycles. The summed E-state index contributed by atoms with van der Waals surface area (Å²) < 4.78 is 34.2. The number of hydrogen-bond acceptors (Lipinski definition) is 5. The van der Waals surface area contributed by atoms with E-state index in [1.807, 2.05) is 32.9 Å². The van der Waals surface area contributed by atoms with Crippen molar-refractivity contribution in [2.45, 2.75) is 50.0 Å². The van der Waals surface area contributed by atoms with Gasteiger partial charge in [0.15, 0.2) is 6.29 Å². The van der Waals surface area contributed by atoms with Crippen LogP contribution in [0.1, 0.15) is 55.5 Å². The molecule has 1 amide bonds. The van der Waals surface area contributed by atoms with Crippen LogP contribution in [0.5, 0.6) is 0 Å². The van der Waals surface area contributed by atoms with E-state index in [1.165, 1.54) is 22.3 Å². The number of nitrogens with zero attached hydrogens (tertiary/aromatic N) is 2. The molecule has 0 spiro atoms. The van der Waals surface area contributed by atoms with Gasteiger partial charge in [0, 0.05) is 34.7 Å². The minimum atomic E-state index is -3.90. The van der Waals surface area contributed by atoms with Crippen LogP contribution in [0.15, 0.2) is 58.0 Å². The van der Waals surface area contributed by atoms with Gasteiger partial charge in [-0.25, -0.2) is 17.2 Å². The first kappa shape index (κ1) is 24.5. The highest BCUT2D eigenvalue weighted by Crippen LogP contribution is 2.37. The standard InChI is InChI=1S/C25H27BrN2O5S/c1-25(2,3)33-24(30)27-12-10-17(11-13-27)21-8-5-9-22-23(21)18(16-29)15-28(22)34(31,32)20-7-4-6-19(26)14-20/h4-9,14-17H,10-13H2,1-3H3. The highest BCUT2D eigenvalue weighted by molar-refractivity contribution is 9.10. The quantitative estimate of drug-likeness (QED) is 0.399. The summed E-state index contributed by atoms with van der Waals surface area (Å²) in [6.45, 7) is 6.58. The molecule has 7 nitrogen and oxygen atoms in total. The zero-order valence-corrected chi connectivity index (χ0v) is 21.7. The molecule has 0 atom stereocenters. The Morgan fingerprint density at radius 2 is 1.79 bits per heavy atom. The number of likely N-dealkylation sites (tertiary alicyclic amines) is 1. The summed E-state index contributed by atoms with van der Waals surface area (Å²) in [7, 11) is -3.90. The monoisotopic (exact) mass is 546 g/mol. The molecule has 0 bridgehead atoms. The average Bonchev–Trinajstić information content (AvgIpc) is 3.18. The number of fused-ring (bicyclic) bond motifs is 1. The normalized spacial score (nSPS) is 15.5. The van der Waals surface area contributed by atoms with E-state index in [4.69, 9.17) is 4.74 Å².